The lowest BCUT2D eigenvalue weighted by Gasteiger charge is -2.23. The fourth-order valence-corrected chi connectivity index (χ4v) is 3.95. The first-order valence-electron chi connectivity index (χ1n) is 10.3. The molecule has 0 aliphatic rings. The third-order valence-electron chi connectivity index (χ3n) is 5.66. The van der Waals surface area contributed by atoms with Crippen molar-refractivity contribution in [3.8, 4) is 16.9 Å². The highest BCUT2D eigenvalue weighted by Crippen LogP contribution is 2.36. The summed E-state index contributed by atoms with van der Waals surface area (Å²) in [7, 11) is 0. The Morgan fingerprint density at radius 3 is 2.28 bits per heavy atom. The first-order valence-corrected chi connectivity index (χ1v) is 10.3. The van der Waals surface area contributed by atoms with E-state index in [9.17, 15) is 8.78 Å². The Bertz CT molecular complexity index is 1420. The Hall–Kier alpha value is -3.93. The van der Waals surface area contributed by atoms with E-state index in [0.29, 0.717) is 5.69 Å². The van der Waals surface area contributed by atoms with Crippen LogP contribution in [0.5, 0.6) is 0 Å². The number of rotatable bonds is 4. The van der Waals surface area contributed by atoms with Crippen LogP contribution in [0.2, 0.25) is 0 Å². The Labute approximate surface area is 184 Å². The molecule has 0 N–H and O–H groups in total. The highest BCUT2D eigenvalue weighted by Gasteiger charge is 2.31. The minimum Gasteiger partial charge on any atom is -0.252 e. The van der Waals surface area contributed by atoms with Crippen molar-refractivity contribution in [3.63, 3.8) is 0 Å². The predicted molar refractivity (Wildman–Crippen MR) is 121 cm³/mol. The number of pyridine rings is 2. The molecule has 3 heterocycles. The molecule has 0 unspecified atom stereocenters. The SMILES string of the molecule is CC(C)(c1cccc(-c2ccc(F)nc2F)n1)c1nn(-c2ccccc2)c2ccccc12. The van der Waals surface area contributed by atoms with Gasteiger partial charge < -0.3 is 0 Å². The molecule has 0 aliphatic carbocycles. The van der Waals surface area contributed by atoms with Crippen LogP contribution in [-0.4, -0.2) is 19.7 Å². The number of fused-ring (bicyclic) bond motifs is 1. The zero-order valence-electron chi connectivity index (χ0n) is 17.6. The normalized spacial score (nSPS) is 11.8. The number of hydrogen-bond donors (Lipinski definition) is 0. The fraction of sp³-hybridized carbons (Fsp3) is 0.115. The van der Waals surface area contributed by atoms with Crippen molar-refractivity contribution in [2.45, 2.75) is 19.3 Å². The Kier molecular flexibility index (Phi) is 4.78. The van der Waals surface area contributed by atoms with Gasteiger partial charge in [0.15, 0.2) is 0 Å². The smallest absolute Gasteiger partial charge is 0.224 e. The van der Waals surface area contributed by atoms with Crippen molar-refractivity contribution >= 4 is 10.9 Å². The van der Waals surface area contributed by atoms with Crippen LogP contribution in [0.1, 0.15) is 25.2 Å². The van der Waals surface area contributed by atoms with Gasteiger partial charge in [-0.2, -0.15) is 18.9 Å². The number of benzene rings is 2. The topological polar surface area (TPSA) is 43.6 Å². The van der Waals surface area contributed by atoms with E-state index in [-0.39, 0.29) is 5.56 Å². The summed E-state index contributed by atoms with van der Waals surface area (Å²) in [6, 6.07) is 25.9. The third kappa shape index (κ3) is 3.34. The molecule has 0 atom stereocenters. The summed E-state index contributed by atoms with van der Waals surface area (Å²) in [4.78, 5) is 8.01. The van der Waals surface area contributed by atoms with Gasteiger partial charge in [0.2, 0.25) is 11.9 Å². The molecule has 0 saturated heterocycles. The van der Waals surface area contributed by atoms with Crippen LogP contribution in [0.25, 0.3) is 27.8 Å². The van der Waals surface area contributed by atoms with Gasteiger partial charge in [0.05, 0.1) is 39.3 Å². The van der Waals surface area contributed by atoms with Crippen molar-refractivity contribution in [2.24, 2.45) is 0 Å². The first kappa shape index (κ1) is 20.0. The van der Waals surface area contributed by atoms with E-state index < -0.39 is 17.3 Å². The molecular weight excluding hydrogens is 406 g/mol. The zero-order chi connectivity index (χ0) is 22.3. The molecule has 5 aromatic rings. The van der Waals surface area contributed by atoms with Crippen molar-refractivity contribution in [1.82, 2.24) is 19.7 Å². The van der Waals surface area contributed by atoms with Gasteiger partial charge in [-0.1, -0.05) is 42.5 Å². The number of aromatic nitrogens is 4. The molecule has 0 fully saturated rings. The standard InChI is InChI=1S/C26H20F2N4/c1-26(2,22-14-8-12-20(29-22)18-15-16-23(27)30-25(18)28)24-19-11-6-7-13-21(19)32(31-24)17-9-4-3-5-10-17/h3-16H,1-2H3. The van der Waals surface area contributed by atoms with Gasteiger partial charge in [-0.3, -0.25) is 4.98 Å². The monoisotopic (exact) mass is 426 g/mol. The van der Waals surface area contributed by atoms with E-state index in [2.05, 4.69) is 4.98 Å². The third-order valence-corrected chi connectivity index (χ3v) is 5.66. The second-order valence-corrected chi connectivity index (χ2v) is 8.12. The van der Waals surface area contributed by atoms with E-state index in [0.717, 1.165) is 34.0 Å². The minimum atomic E-state index is -0.883. The average Bonchev–Trinajstić information content (AvgIpc) is 3.20. The van der Waals surface area contributed by atoms with Crippen molar-refractivity contribution in [1.29, 1.82) is 0 Å². The van der Waals surface area contributed by atoms with Crippen LogP contribution in [0.15, 0.2) is 84.9 Å². The first-order chi connectivity index (χ1) is 15.4. The minimum absolute atomic E-state index is 0.156. The van der Waals surface area contributed by atoms with E-state index in [1.165, 1.54) is 6.07 Å². The van der Waals surface area contributed by atoms with Crippen molar-refractivity contribution < 1.29 is 8.78 Å². The molecule has 6 heteroatoms. The van der Waals surface area contributed by atoms with Crippen LogP contribution in [0, 0.1) is 11.9 Å². The molecule has 4 nitrogen and oxygen atoms in total. The number of nitrogens with zero attached hydrogens (tertiary/aromatic N) is 4. The lowest BCUT2D eigenvalue weighted by Crippen LogP contribution is -2.22. The summed E-state index contributed by atoms with van der Waals surface area (Å²) >= 11 is 0. The van der Waals surface area contributed by atoms with E-state index in [4.69, 9.17) is 10.1 Å². The zero-order valence-corrected chi connectivity index (χ0v) is 17.6. The largest absolute Gasteiger partial charge is 0.252 e. The van der Waals surface area contributed by atoms with E-state index in [1.54, 1.807) is 6.07 Å². The molecule has 5 rings (SSSR count). The van der Waals surface area contributed by atoms with Crippen LogP contribution in [0.3, 0.4) is 0 Å². The summed E-state index contributed by atoms with van der Waals surface area (Å²) < 4.78 is 29.5. The Morgan fingerprint density at radius 2 is 1.50 bits per heavy atom. The lowest BCUT2D eigenvalue weighted by molar-refractivity contribution is 0.514. The molecule has 0 spiro atoms. The second kappa shape index (κ2) is 7.64. The number of hydrogen-bond acceptors (Lipinski definition) is 3. The number of para-hydroxylation sites is 2. The summed E-state index contributed by atoms with van der Waals surface area (Å²) in [5.41, 5.74) is 3.51. The average molecular weight is 426 g/mol. The maximum Gasteiger partial charge on any atom is 0.224 e. The molecule has 2 aromatic carbocycles. The molecule has 32 heavy (non-hydrogen) atoms. The highest BCUT2D eigenvalue weighted by molar-refractivity contribution is 5.85. The summed E-state index contributed by atoms with van der Waals surface area (Å²) in [5.74, 6) is -1.74. The molecule has 0 aliphatic heterocycles. The van der Waals surface area contributed by atoms with Gasteiger partial charge in [0, 0.05) is 5.39 Å². The molecular formula is C26H20F2N4. The van der Waals surface area contributed by atoms with Gasteiger partial charge in [0.1, 0.15) is 0 Å². The van der Waals surface area contributed by atoms with Crippen molar-refractivity contribution in [3.05, 3.63) is 108 Å². The fourth-order valence-electron chi connectivity index (χ4n) is 3.95. The molecule has 3 aromatic heterocycles. The lowest BCUT2D eigenvalue weighted by atomic mass is 9.83. The summed E-state index contributed by atoms with van der Waals surface area (Å²) in [6.45, 7) is 4.09. The van der Waals surface area contributed by atoms with Gasteiger partial charge in [0.25, 0.3) is 0 Å². The van der Waals surface area contributed by atoms with Crippen LogP contribution in [-0.2, 0) is 5.41 Å². The van der Waals surface area contributed by atoms with E-state index >= 15 is 0 Å². The summed E-state index contributed by atoms with van der Waals surface area (Å²) in [6.07, 6.45) is 0. The Morgan fingerprint density at radius 1 is 0.750 bits per heavy atom. The maximum atomic E-state index is 14.3. The predicted octanol–water partition coefficient (Wildman–Crippen LogP) is 6.09. The van der Waals surface area contributed by atoms with Gasteiger partial charge in [-0.05, 0) is 56.3 Å². The van der Waals surface area contributed by atoms with Crippen LogP contribution < -0.4 is 0 Å². The van der Waals surface area contributed by atoms with Crippen molar-refractivity contribution in [2.75, 3.05) is 0 Å². The summed E-state index contributed by atoms with van der Waals surface area (Å²) in [5, 5.41) is 6.00. The molecule has 0 amide bonds. The van der Waals surface area contributed by atoms with Crippen LogP contribution in [0.4, 0.5) is 8.78 Å². The number of halogens is 2. The van der Waals surface area contributed by atoms with Gasteiger partial charge in [-0.15, -0.1) is 0 Å². The maximum absolute atomic E-state index is 14.3. The van der Waals surface area contributed by atoms with Crippen LogP contribution >= 0.6 is 0 Å². The van der Waals surface area contributed by atoms with Gasteiger partial charge >= 0.3 is 0 Å². The molecule has 158 valence electrons. The van der Waals surface area contributed by atoms with Gasteiger partial charge in [-0.25, -0.2) is 4.68 Å². The quantitative estimate of drug-likeness (QED) is 0.327. The Balaban J connectivity index is 1.66. The molecule has 0 bridgehead atoms. The molecule has 0 saturated carbocycles. The second-order valence-electron chi connectivity index (χ2n) is 8.12. The molecule has 0 radical (unpaired) electrons. The highest BCUT2D eigenvalue weighted by atomic mass is 19.1. The van der Waals surface area contributed by atoms with E-state index in [1.807, 2.05) is 85.3 Å².